The Labute approximate surface area is 88.7 Å². The van der Waals surface area contributed by atoms with Crippen LogP contribution in [0.4, 0.5) is 0 Å². The molecule has 0 N–H and O–H groups in total. The Bertz CT molecular complexity index is 205. The molecule has 6 nitrogen and oxygen atoms in total. The van der Waals surface area contributed by atoms with Crippen LogP contribution in [-0.4, -0.2) is 38.3 Å². The van der Waals surface area contributed by atoms with Gasteiger partial charge in [-0.25, -0.2) is 0 Å². The maximum absolute atomic E-state index is 10.8. The molecule has 0 saturated carbocycles. The van der Waals surface area contributed by atoms with Crippen molar-refractivity contribution in [1.29, 1.82) is 0 Å². The summed E-state index contributed by atoms with van der Waals surface area (Å²) in [5.74, 6) is -0.960. The van der Waals surface area contributed by atoms with Gasteiger partial charge in [0.25, 0.3) is 0 Å². The van der Waals surface area contributed by atoms with E-state index in [4.69, 9.17) is 9.47 Å². The molecule has 0 fully saturated rings. The summed E-state index contributed by atoms with van der Waals surface area (Å²) in [4.78, 5) is 20.8. The highest BCUT2D eigenvalue weighted by Gasteiger charge is 2.33. The highest BCUT2D eigenvalue weighted by Crippen LogP contribution is 2.20. The van der Waals surface area contributed by atoms with Gasteiger partial charge < -0.3 is 14.3 Å². The van der Waals surface area contributed by atoms with Crippen LogP contribution in [0.25, 0.3) is 0 Å². The second-order valence-electron chi connectivity index (χ2n) is 3.23. The van der Waals surface area contributed by atoms with E-state index in [1.807, 2.05) is 0 Å². The number of nitrogens with zero attached hydrogens (tertiary/aromatic N) is 1. The summed E-state index contributed by atoms with van der Waals surface area (Å²) < 4.78 is 9.92. The van der Waals surface area contributed by atoms with Gasteiger partial charge in [-0.1, -0.05) is 6.92 Å². The fraction of sp³-hybridized carbons (Fsp3) is 0.889. The number of rotatable bonds is 8. The maximum Gasteiger partial charge on any atom is 0.212 e. The van der Waals surface area contributed by atoms with Crippen molar-refractivity contribution in [2.24, 2.45) is 11.8 Å². The topological polar surface area (TPSA) is 78.7 Å². The third-order valence-corrected chi connectivity index (χ3v) is 2.37. The number of hydrogen-bond donors (Lipinski definition) is 0. The van der Waals surface area contributed by atoms with E-state index in [9.17, 15) is 14.9 Å². The molecule has 0 heterocycles. The van der Waals surface area contributed by atoms with Gasteiger partial charge in [-0.3, -0.25) is 10.1 Å². The van der Waals surface area contributed by atoms with E-state index in [2.05, 4.69) is 0 Å². The summed E-state index contributed by atoms with van der Waals surface area (Å²) >= 11 is 0. The zero-order valence-corrected chi connectivity index (χ0v) is 9.21. The number of aldehydes is 1. The van der Waals surface area contributed by atoms with E-state index in [0.29, 0.717) is 6.42 Å². The third-order valence-electron chi connectivity index (χ3n) is 2.37. The van der Waals surface area contributed by atoms with Gasteiger partial charge in [0.1, 0.15) is 6.29 Å². The molecule has 0 aromatic heterocycles. The zero-order chi connectivity index (χ0) is 11.8. The molecule has 0 saturated heterocycles. The van der Waals surface area contributed by atoms with Crippen molar-refractivity contribution in [3.8, 4) is 0 Å². The molecule has 0 aromatic carbocycles. The smallest absolute Gasteiger partial charge is 0.212 e. The summed E-state index contributed by atoms with van der Waals surface area (Å²) in [6.07, 6.45) is 0.537. The van der Waals surface area contributed by atoms with Gasteiger partial charge in [0.15, 0.2) is 6.29 Å². The first-order chi connectivity index (χ1) is 7.10. The monoisotopic (exact) mass is 219 g/mol. The van der Waals surface area contributed by atoms with Gasteiger partial charge in [-0.05, 0) is 6.42 Å². The Hall–Kier alpha value is -1.01. The van der Waals surface area contributed by atoms with Crippen molar-refractivity contribution in [1.82, 2.24) is 0 Å². The molecule has 0 unspecified atom stereocenters. The lowest BCUT2D eigenvalue weighted by Gasteiger charge is -2.25. The Balaban J connectivity index is 4.66. The number of nitro groups is 1. The molecule has 88 valence electrons. The molecule has 0 aliphatic heterocycles. The predicted molar refractivity (Wildman–Crippen MR) is 53.0 cm³/mol. The van der Waals surface area contributed by atoms with E-state index in [0.717, 1.165) is 6.29 Å². The number of methoxy groups -OCH3 is 2. The summed E-state index contributed by atoms with van der Waals surface area (Å²) in [5.41, 5.74) is 0. The molecule has 0 aliphatic rings. The molecule has 0 bridgehead atoms. The Morgan fingerprint density at radius 3 is 2.20 bits per heavy atom. The number of ether oxygens (including phenoxy) is 2. The van der Waals surface area contributed by atoms with Crippen LogP contribution in [0.2, 0.25) is 0 Å². The lowest BCUT2D eigenvalue weighted by Crippen LogP contribution is -2.36. The van der Waals surface area contributed by atoms with Crippen LogP contribution in [0.5, 0.6) is 0 Å². The van der Waals surface area contributed by atoms with Gasteiger partial charge in [0.2, 0.25) is 6.54 Å². The highest BCUT2D eigenvalue weighted by atomic mass is 16.7. The lowest BCUT2D eigenvalue weighted by atomic mass is 9.90. The summed E-state index contributed by atoms with van der Waals surface area (Å²) in [6.45, 7) is 1.47. The third kappa shape index (κ3) is 4.35. The molecular weight excluding hydrogens is 202 g/mol. The van der Waals surface area contributed by atoms with Gasteiger partial charge in [-0.15, -0.1) is 0 Å². The second kappa shape index (κ2) is 7.30. The van der Waals surface area contributed by atoms with Crippen molar-refractivity contribution in [3.63, 3.8) is 0 Å². The average molecular weight is 219 g/mol. The van der Waals surface area contributed by atoms with Crippen LogP contribution in [0.15, 0.2) is 0 Å². The van der Waals surface area contributed by atoms with Gasteiger partial charge >= 0.3 is 0 Å². The van der Waals surface area contributed by atoms with Crippen LogP contribution >= 0.6 is 0 Å². The first kappa shape index (κ1) is 14.0. The van der Waals surface area contributed by atoms with Crippen molar-refractivity contribution >= 4 is 6.29 Å². The fourth-order valence-corrected chi connectivity index (χ4v) is 1.54. The van der Waals surface area contributed by atoms with Crippen LogP contribution < -0.4 is 0 Å². The summed E-state index contributed by atoms with van der Waals surface area (Å²) in [7, 11) is 2.80. The molecule has 0 radical (unpaired) electrons. The van der Waals surface area contributed by atoms with Gasteiger partial charge in [-0.2, -0.15) is 0 Å². The molecule has 0 amide bonds. The SMILES string of the molecule is CC[C@@H](C=O)[C@H](C[N+](=O)[O-])C(OC)OC. The molecule has 2 atom stereocenters. The largest absolute Gasteiger partial charge is 0.355 e. The molecular formula is C9H17NO5. The second-order valence-corrected chi connectivity index (χ2v) is 3.23. The quantitative estimate of drug-likeness (QED) is 0.260. The van der Waals surface area contributed by atoms with E-state index in [-0.39, 0.29) is 6.54 Å². The Morgan fingerprint density at radius 1 is 1.40 bits per heavy atom. The molecule has 0 spiro atoms. The van der Waals surface area contributed by atoms with Gasteiger partial charge in [0.05, 0.1) is 5.92 Å². The van der Waals surface area contributed by atoms with E-state index < -0.39 is 23.0 Å². The zero-order valence-electron chi connectivity index (χ0n) is 9.21. The number of carbonyl (C=O) groups excluding carboxylic acids is 1. The van der Waals surface area contributed by atoms with E-state index in [1.54, 1.807) is 6.92 Å². The highest BCUT2D eigenvalue weighted by molar-refractivity contribution is 5.54. The number of hydrogen-bond acceptors (Lipinski definition) is 5. The van der Waals surface area contributed by atoms with Gasteiger partial charge in [0, 0.05) is 25.1 Å². The van der Waals surface area contributed by atoms with Crippen LogP contribution in [-0.2, 0) is 14.3 Å². The summed E-state index contributed by atoms with van der Waals surface area (Å²) in [6, 6.07) is 0. The molecule has 0 aliphatic carbocycles. The minimum atomic E-state index is -0.717. The summed E-state index contributed by atoms with van der Waals surface area (Å²) in [5, 5.41) is 10.5. The normalized spacial score (nSPS) is 14.9. The van der Waals surface area contributed by atoms with Crippen LogP contribution in [0.1, 0.15) is 13.3 Å². The predicted octanol–water partition coefficient (Wildman–Crippen LogP) is 0.723. The Morgan fingerprint density at radius 2 is 1.93 bits per heavy atom. The molecule has 0 aromatic rings. The molecule has 15 heavy (non-hydrogen) atoms. The first-order valence-corrected chi connectivity index (χ1v) is 4.73. The minimum Gasteiger partial charge on any atom is -0.355 e. The number of carbonyl (C=O) groups is 1. The molecule has 6 heteroatoms. The standard InChI is InChI=1S/C9H17NO5/c1-4-7(6-11)8(5-10(12)13)9(14-2)15-3/h6-9H,4-5H2,1-3H3/t7-,8-/m0/s1. The Kier molecular flexibility index (Phi) is 6.81. The van der Waals surface area contributed by atoms with Crippen molar-refractivity contribution in [2.75, 3.05) is 20.8 Å². The average Bonchev–Trinajstić information content (AvgIpc) is 2.20. The fourth-order valence-electron chi connectivity index (χ4n) is 1.54. The maximum atomic E-state index is 10.8. The minimum absolute atomic E-state index is 0.330. The lowest BCUT2D eigenvalue weighted by molar-refractivity contribution is -0.495. The van der Waals surface area contributed by atoms with Crippen LogP contribution in [0, 0.1) is 22.0 Å². The first-order valence-electron chi connectivity index (χ1n) is 4.73. The van der Waals surface area contributed by atoms with Crippen molar-refractivity contribution in [3.05, 3.63) is 10.1 Å². The molecule has 0 rings (SSSR count). The van der Waals surface area contributed by atoms with Crippen molar-refractivity contribution in [2.45, 2.75) is 19.6 Å². The van der Waals surface area contributed by atoms with E-state index >= 15 is 0 Å². The van der Waals surface area contributed by atoms with E-state index in [1.165, 1.54) is 14.2 Å². The van der Waals surface area contributed by atoms with Crippen LogP contribution in [0.3, 0.4) is 0 Å². The van der Waals surface area contributed by atoms with Crippen molar-refractivity contribution < 1.29 is 19.2 Å².